The molecule has 1 aliphatic rings. The molecule has 0 atom stereocenters. The minimum Gasteiger partial charge on any atom is -0.398 e. The van der Waals surface area contributed by atoms with Gasteiger partial charge in [0.05, 0.1) is 4.92 Å². The van der Waals surface area contributed by atoms with E-state index in [0.29, 0.717) is 22.9 Å². The van der Waals surface area contributed by atoms with Crippen LogP contribution in [0.1, 0.15) is 30.4 Å². The van der Waals surface area contributed by atoms with E-state index in [1.807, 2.05) is 0 Å². The van der Waals surface area contributed by atoms with Gasteiger partial charge in [0.25, 0.3) is 5.69 Å². The minimum absolute atomic E-state index is 0.0919. The number of hydrogen-bond acceptors (Lipinski definition) is 4. The van der Waals surface area contributed by atoms with Crippen LogP contribution in [0, 0.1) is 17.0 Å². The predicted octanol–water partition coefficient (Wildman–Crippen LogP) is 2.46. The Bertz CT molecular complexity index is 479. The largest absolute Gasteiger partial charge is 0.398 e. The van der Waals surface area contributed by atoms with E-state index in [1.165, 1.54) is 12.5 Å². The molecule has 2 rings (SSSR count). The molecule has 0 heterocycles. The number of anilines is 1. The topological polar surface area (TPSA) is 81.5 Å². The second-order valence-electron chi connectivity index (χ2n) is 4.39. The van der Waals surface area contributed by atoms with Gasteiger partial charge in [-0.1, -0.05) is 0 Å². The number of aryl methyl sites for hydroxylation is 1. The average Bonchev–Trinajstić information content (AvgIpc) is 2.18. The summed E-state index contributed by atoms with van der Waals surface area (Å²) < 4.78 is 0. The Kier molecular flexibility index (Phi) is 3.08. The molecule has 0 radical (unpaired) electrons. The molecular weight excluding hydrogens is 218 g/mol. The van der Waals surface area contributed by atoms with Crippen LogP contribution in [0.25, 0.3) is 0 Å². The van der Waals surface area contributed by atoms with Crippen molar-refractivity contribution in [3.05, 3.63) is 33.4 Å². The zero-order valence-electron chi connectivity index (χ0n) is 9.72. The fraction of sp³-hybridized carbons (Fsp3) is 0.417. The summed E-state index contributed by atoms with van der Waals surface area (Å²) in [5.41, 5.74) is 7.66. The number of nitro groups is 1. The lowest BCUT2D eigenvalue weighted by molar-refractivity contribution is -0.385. The van der Waals surface area contributed by atoms with Crippen LogP contribution in [0.5, 0.6) is 0 Å². The highest BCUT2D eigenvalue weighted by molar-refractivity contribution is 5.88. The number of aliphatic imine (C=N–C) groups is 1. The Labute approximate surface area is 99.5 Å². The lowest BCUT2D eigenvalue weighted by Gasteiger charge is -2.20. The zero-order chi connectivity index (χ0) is 12.4. The van der Waals surface area contributed by atoms with Gasteiger partial charge >= 0.3 is 0 Å². The van der Waals surface area contributed by atoms with Gasteiger partial charge in [-0.2, -0.15) is 0 Å². The molecule has 2 N–H and O–H groups in total. The third-order valence-corrected chi connectivity index (χ3v) is 3.10. The SMILES string of the molecule is Cc1cc(N)c(C=NC2CCC2)cc1[N+](=O)[O-]. The average molecular weight is 233 g/mol. The highest BCUT2D eigenvalue weighted by Gasteiger charge is 2.16. The van der Waals surface area contributed by atoms with E-state index in [2.05, 4.69) is 4.99 Å². The van der Waals surface area contributed by atoms with Crippen LogP contribution in [0.2, 0.25) is 0 Å². The first-order valence-electron chi connectivity index (χ1n) is 5.65. The number of hydrogen-bond donors (Lipinski definition) is 1. The maximum atomic E-state index is 10.8. The Balaban J connectivity index is 2.29. The van der Waals surface area contributed by atoms with E-state index in [1.54, 1.807) is 19.2 Å². The van der Waals surface area contributed by atoms with Gasteiger partial charge in [-0.05, 0) is 32.3 Å². The van der Waals surface area contributed by atoms with Crippen LogP contribution < -0.4 is 5.73 Å². The van der Waals surface area contributed by atoms with Crippen LogP contribution in [0.15, 0.2) is 17.1 Å². The first-order valence-corrected chi connectivity index (χ1v) is 5.65. The normalized spacial score (nSPS) is 16.1. The minimum atomic E-state index is -0.393. The molecule has 0 bridgehead atoms. The van der Waals surface area contributed by atoms with E-state index in [0.717, 1.165) is 12.8 Å². The molecule has 1 saturated carbocycles. The lowest BCUT2D eigenvalue weighted by atomic mass is 9.94. The van der Waals surface area contributed by atoms with Gasteiger partial charge in [0, 0.05) is 35.1 Å². The fourth-order valence-electron chi connectivity index (χ4n) is 1.76. The van der Waals surface area contributed by atoms with Crippen LogP contribution in [0.4, 0.5) is 11.4 Å². The molecule has 0 amide bonds. The molecule has 17 heavy (non-hydrogen) atoms. The van der Waals surface area contributed by atoms with Gasteiger partial charge in [0.2, 0.25) is 0 Å². The molecule has 1 aromatic rings. The van der Waals surface area contributed by atoms with Gasteiger partial charge in [0.1, 0.15) is 0 Å². The van der Waals surface area contributed by atoms with Crippen LogP contribution in [-0.4, -0.2) is 17.2 Å². The third kappa shape index (κ3) is 2.43. The Morgan fingerprint density at radius 3 is 2.76 bits per heavy atom. The summed E-state index contributed by atoms with van der Waals surface area (Å²) in [6.45, 7) is 1.68. The molecule has 1 aliphatic carbocycles. The molecule has 0 aliphatic heterocycles. The first kappa shape index (κ1) is 11.6. The van der Waals surface area contributed by atoms with E-state index in [9.17, 15) is 10.1 Å². The quantitative estimate of drug-likeness (QED) is 0.377. The van der Waals surface area contributed by atoms with Crippen molar-refractivity contribution in [3.63, 3.8) is 0 Å². The van der Waals surface area contributed by atoms with E-state index in [4.69, 9.17) is 5.73 Å². The van der Waals surface area contributed by atoms with Crippen LogP contribution in [0.3, 0.4) is 0 Å². The van der Waals surface area contributed by atoms with Crippen molar-refractivity contribution in [3.8, 4) is 0 Å². The Morgan fingerprint density at radius 1 is 1.53 bits per heavy atom. The molecule has 0 aromatic heterocycles. The molecule has 0 spiro atoms. The summed E-state index contributed by atoms with van der Waals surface area (Å²) in [7, 11) is 0. The van der Waals surface area contributed by atoms with Gasteiger partial charge in [-0.25, -0.2) is 0 Å². The lowest BCUT2D eigenvalue weighted by Crippen LogP contribution is -2.14. The molecule has 1 aromatic carbocycles. The molecule has 5 heteroatoms. The molecule has 0 unspecified atom stereocenters. The molecular formula is C12H15N3O2. The van der Waals surface area contributed by atoms with Crippen molar-refractivity contribution in [1.29, 1.82) is 0 Å². The monoisotopic (exact) mass is 233 g/mol. The van der Waals surface area contributed by atoms with E-state index in [-0.39, 0.29) is 5.69 Å². The highest BCUT2D eigenvalue weighted by Crippen LogP contribution is 2.25. The Morgan fingerprint density at radius 2 is 2.24 bits per heavy atom. The standard InChI is InChI=1S/C12H15N3O2/c1-8-5-11(13)9(6-12(8)15(16)17)7-14-10-3-2-4-10/h5-7,10H,2-4,13H2,1H3. The second-order valence-corrected chi connectivity index (χ2v) is 4.39. The number of rotatable bonds is 3. The number of benzene rings is 1. The van der Waals surface area contributed by atoms with Crippen molar-refractivity contribution in [2.45, 2.75) is 32.2 Å². The smallest absolute Gasteiger partial charge is 0.273 e. The molecule has 1 fully saturated rings. The highest BCUT2D eigenvalue weighted by atomic mass is 16.6. The first-order chi connectivity index (χ1) is 8.08. The van der Waals surface area contributed by atoms with Gasteiger partial charge in [-0.3, -0.25) is 15.1 Å². The summed E-state index contributed by atoms with van der Waals surface area (Å²) in [6, 6.07) is 3.49. The second kappa shape index (κ2) is 4.53. The maximum absolute atomic E-state index is 10.8. The van der Waals surface area contributed by atoms with Crippen LogP contribution >= 0.6 is 0 Å². The summed E-state index contributed by atoms with van der Waals surface area (Å²) >= 11 is 0. The number of nitrogens with two attached hydrogens (primary N) is 1. The maximum Gasteiger partial charge on any atom is 0.273 e. The van der Waals surface area contributed by atoms with Gasteiger partial charge < -0.3 is 5.73 Å². The number of nitro benzene ring substituents is 1. The van der Waals surface area contributed by atoms with Crippen molar-refractivity contribution in [2.24, 2.45) is 4.99 Å². The fourth-order valence-corrected chi connectivity index (χ4v) is 1.76. The van der Waals surface area contributed by atoms with Gasteiger partial charge in [0.15, 0.2) is 0 Å². The van der Waals surface area contributed by atoms with E-state index >= 15 is 0 Å². The van der Waals surface area contributed by atoms with Crippen molar-refractivity contribution in [2.75, 3.05) is 5.73 Å². The van der Waals surface area contributed by atoms with Crippen LogP contribution in [-0.2, 0) is 0 Å². The number of nitrogen functional groups attached to an aromatic ring is 1. The summed E-state index contributed by atoms with van der Waals surface area (Å²) in [6.07, 6.45) is 5.08. The van der Waals surface area contributed by atoms with Crippen molar-refractivity contribution in [1.82, 2.24) is 0 Å². The molecule has 0 saturated heterocycles. The Hall–Kier alpha value is -1.91. The number of nitrogens with zero attached hydrogens (tertiary/aromatic N) is 2. The van der Waals surface area contributed by atoms with Crippen molar-refractivity contribution < 1.29 is 4.92 Å². The third-order valence-electron chi connectivity index (χ3n) is 3.10. The zero-order valence-corrected chi connectivity index (χ0v) is 9.72. The summed E-state index contributed by atoms with van der Waals surface area (Å²) in [5, 5.41) is 10.8. The van der Waals surface area contributed by atoms with E-state index < -0.39 is 4.92 Å². The summed E-state index contributed by atoms with van der Waals surface area (Å²) in [5.74, 6) is 0. The van der Waals surface area contributed by atoms with Gasteiger partial charge in [-0.15, -0.1) is 0 Å². The molecule has 90 valence electrons. The van der Waals surface area contributed by atoms with Crippen molar-refractivity contribution >= 4 is 17.6 Å². The predicted molar refractivity (Wildman–Crippen MR) is 67.5 cm³/mol. The summed E-state index contributed by atoms with van der Waals surface area (Å²) in [4.78, 5) is 14.8. The molecule has 5 nitrogen and oxygen atoms in total.